The van der Waals surface area contributed by atoms with Gasteiger partial charge in [0.05, 0.1) is 0 Å². The summed E-state index contributed by atoms with van der Waals surface area (Å²) in [7, 11) is 0. The van der Waals surface area contributed by atoms with E-state index >= 15 is 0 Å². The first-order valence-corrected chi connectivity index (χ1v) is 5.82. The van der Waals surface area contributed by atoms with Gasteiger partial charge < -0.3 is 4.90 Å². The van der Waals surface area contributed by atoms with Crippen molar-refractivity contribution in [2.45, 2.75) is 53.0 Å². The lowest BCUT2D eigenvalue weighted by Crippen LogP contribution is -2.45. The number of piperidine rings is 1. The van der Waals surface area contributed by atoms with Gasteiger partial charge in [0.1, 0.15) is 0 Å². The van der Waals surface area contributed by atoms with Crippen LogP contribution in [-0.2, 0) is 4.79 Å². The highest BCUT2D eigenvalue weighted by molar-refractivity contribution is 5.79. The van der Waals surface area contributed by atoms with E-state index in [1.807, 2.05) is 4.90 Å². The van der Waals surface area contributed by atoms with Crippen molar-refractivity contribution in [1.29, 1.82) is 0 Å². The number of nitrogens with zero attached hydrogens (tertiary/aromatic N) is 1. The largest absolute Gasteiger partial charge is 0.340 e. The molecule has 1 amide bonds. The molecule has 1 aliphatic heterocycles. The van der Waals surface area contributed by atoms with Gasteiger partial charge in [0.15, 0.2) is 0 Å². The average Bonchev–Trinajstić information content (AvgIpc) is 2.07. The second-order valence-electron chi connectivity index (χ2n) is 5.09. The first kappa shape index (κ1) is 11.5. The van der Waals surface area contributed by atoms with Crippen molar-refractivity contribution < 1.29 is 4.79 Å². The van der Waals surface area contributed by atoms with E-state index in [1.54, 1.807) is 0 Å². The molecule has 0 aromatic heterocycles. The van der Waals surface area contributed by atoms with E-state index in [0.717, 1.165) is 19.4 Å². The molecule has 0 radical (unpaired) electrons. The smallest absolute Gasteiger partial charge is 0.225 e. The van der Waals surface area contributed by atoms with Crippen LogP contribution in [0.2, 0.25) is 0 Å². The Balaban J connectivity index is 2.57. The van der Waals surface area contributed by atoms with Gasteiger partial charge in [-0.1, -0.05) is 13.8 Å². The summed E-state index contributed by atoms with van der Waals surface area (Å²) < 4.78 is 0. The third-order valence-corrected chi connectivity index (χ3v) is 2.96. The molecule has 0 bridgehead atoms. The van der Waals surface area contributed by atoms with Crippen LogP contribution in [0.15, 0.2) is 0 Å². The monoisotopic (exact) mass is 197 g/mol. The second-order valence-corrected chi connectivity index (χ2v) is 5.09. The van der Waals surface area contributed by atoms with Crippen LogP contribution in [0.4, 0.5) is 0 Å². The number of hydrogen-bond donors (Lipinski definition) is 0. The molecule has 0 spiro atoms. The van der Waals surface area contributed by atoms with Crippen LogP contribution in [0.25, 0.3) is 0 Å². The molecule has 1 saturated heterocycles. The predicted molar refractivity (Wildman–Crippen MR) is 59.0 cm³/mol. The minimum atomic E-state index is 0.297. The summed E-state index contributed by atoms with van der Waals surface area (Å²) >= 11 is 0. The topological polar surface area (TPSA) is 20.3 Å². The molecule has 0 saturated carbocycles. The molecule has 1 fully saturated rings. The summed E-state index contributed by atoms with van der Waals surface area (Å²) in [5.74, 6) is 1.32. The molecule has 14 heavy (non-hydrogen) atoms. The van der Waals surface area contributed by atoms with Gasteiger partial charge in [-0.05, 0) is 39.0 Å². The second kappa shape index (κ2) is 4.81. The third kappa shape index (κ3) is 2.73. The Bertz CT molecular complexity index is 198. The van der Waals surface area contributed by atoms with Crippen molar-refractivity contribution in [2.24, 2.45) is 11.8 Å². The fourth-order valence-corrected chi connectivity index (χ4v) is 2.28. The first-order valence-electron chi connectivity index (χ1n) is 5.82. The maximum Gasteiger partial charge on any atom is 0.225 e. The molecular formula is C12H23NO. The normalized spacial score (nSPS) is 23.7. The maximum absolute atomic E-state index is 12.0. The highest BCUT2D eigenvalue weighted by Crippen LogP contribution is 2.25. The molecule has 1 aliphatic rings. The van der Waals surface area contributed by atoms with Crippen LogP contribution in [0, 0.1) is 11.8 Å². The highest BCUT2D eigenvalue weighted by atomic mass is 16.2. The van der Waals surface area contributed by atoms with Gasteiger partial charge in [0.2, 0.25) is 5.91 Å². The number of carbonyl (C=O) groups excluding carboxylic acids is 1. The molecule has 0 aromatic rings. The molecule has 2 heteroatoms. The van der Waals surface area contributed by atoms with Crippen molar-refractivity contribution in [3.63, 3.8) is 0 Å². The summed E-state index contributed by atoms with van der Waals surface area (Å²) in [6, 6.07) is 0.373. The summed E-state index contributed by atoms with van der Waals surface area (Å²) in [6.07, 6.45) is 3.34. The molecule has 0 N–H and O–H groups in total. The molecule has 82 valence electrons. The Morgan fingerprint density at radius 3 is 2.50 bits per heavy atom. The van der Waals surface area contributed by atoms with Crippen LogP contribution >= 0.6 is 0 Å². The van der Waals surface area contributed by atoms with Gasteiger partial charge >= 0.3 is 0 Å². The lowest BCUT2D eigenvalue weighted by Gasteiger charge is -2.35. The molecule has 2 nitrogen and oxygen atoms in total. The van der Waals surface area contributed by atoms with Crippen molar-refractivity contribution in [1.82, 2.24) is 4.90 Å². The van der Waals surface area contributed by atoms with E-state index in [2.05, 4.69) is 27.7 Å². The number of likely N-dealkylation sites (tertiary alicyclic amines) is 1. The van der Waals surface area contributed by atoms with E-state index in [9.17, 15) is 4.79 Å². The Morgan fingerprint density at radius 1 is 1.36 bits per heavy atom. The summed E-state index contributed by atoms with van der Waals surface area (Å²) in [5.41, 5.74) is 0. The van der Waals surface area contributed by atoms with Crippen LogP contribution in [-0.4, -0.2) is 23.4 Å². The van der Waals surface area contributed by atoms with Gasteiger partial charge in [-0.15, -0.1) is 0 Å². The zero-order chi connectivity index (χ0) is 10.7. The lowest BCUT2D eigenvalue weighted by molar-refractivity contribution is -0.140. The van der Waals surface area contributed by atoms with Crippen LogP contribution in [0.5, 0.6) is 0 Å². The van der Waals surface area contributed by atoms with Crippen molar-refractivity contribution >= 4 is 5.91 Å². The Labute approximate surface area is 87.7 Å². The van der Waals surface area contributed by atoms with Gasteiger partial charge in [-0.25, -0.2) is 0 Å². The molecule has 0 aliphatic carbocycles. The molecule has 0 aromatic carbocycles. The minimum absolute atomic E-state index is 0.297. The Hall–Kier alpha value is -0.530. The highest BCUT2D eigenvalue weighted by Gasteiger charge is 2.30. The molecule has 1 atom stereocenters. The number of hydrogen-bond acceptors (Lipinski definition) is 1. The average molecular weight is 197 g/mol. The summed E-state index contributed by atoms with van der Waals surface area (Å²) in [4.78, 5) is 14.1. The Kier molecular flexibility index (Phi) is 3.97. The van der Waals surface area contributed by atoms with Gasteiger partial charge in [0, 0.05) is 18.5 Å². The van der Waals surface area contributed by atoms with E-state index in [1.165, 1.54) is 6.42 Å². The van der Waals surface area contributed by atoms with Crippen molar-refractivity contribution in [3.8, 4) is 0 Å². The number of rotatable bonds is 3. The van der Waals surface area contributed by atoms with Gasteiger partial charge in [-0.2, -0.15) is 0 Å². The zero-order valence-electron chi connectivity index (χ0n) is 9.92. The number of carbonyl (C=O) groups is 1. The molecular weight excluding hydrogens is 174 g/mol. The van der Waals surface area contributed by atoms with Gasteiger partial charge in [0.25, 0.3) is 0 Å². The van der Waals surface area contributed by atoms with Crippen molar-refractivity contribution in [3.05, 3.63) is 0 Å². The third-order valence-electron chi connectivity index (χ3n) is 2.96. The van der Waals surface area contributed by atoms with Crippen molar-refractivity contribution in [2.75, 3.05) is 6.54 Å². The SMILES string of the molecule is CC(C)CC1CCCN(C(C)C)C1=O. The molecule has 1 unspecified atom stereocenters. The minimum Gasteiger partial charge on any atom is -0.340 e. The summed E-state index contributed by atoms with van der Waals surface area (Å²) in [6.45, 7) is 9.57. The predicted octanol–water partition coefficient (Wildman–Crippen LogP) is 2.68. The first-order chi connectivity index (χ1) is 6.52. The van der Waals surface area contributed by atoms with E-state index in [0.29, 0.717) is 23.8 Å². The molecule has 1 rings (SSSR count). The lowest BCUT2D eigenvalue weighted by atomic mass is 9.88. The van der Waals surface area contributed by atoms with E-state index in [-0.39, 0.29) is 0 Å². The fraction of sp³-hybridized carbons (Fsp3) is 0.917. The van der Waals surface area contributed by atoms with Crippen LogP contribution in [0.3, 0.4) is 0 Å². The quantitative estimate of drug-likeness (QED) is 0.681. The number of amides is 1. The van der Waals surface area contributed by atoms with E-state index < -0.39 is 0 Å². The fourth-order valence-electron chi connectivity index (χ4n) is 2.28. The van der Waals surface area contributed by atoms with Gasteiger partial charge in [-0.3, -0.25) is 4.79 Å². The maximum atomic E-state index is 12.0. The van der Waals surface area contributed by atoms with Crippen LogP contribution < -0.4 is 0 Å². The standard InChI is InChI=1S/C12H23NO/c1-9(2)8-11-6-5-7-13(10(3)4)12(11)14/h9-11H,5-8H2,1-4H3. The zero-order valence-corrected chi connectivity index (χ0v) is 9.92. The Morgan fingerprint density at radius 2 is 2.00 bits per heavy atom. The summed E-state index contributed by atoms with van der Waals surface area (Å²) in [5, 5.41) is 0. The van der Waals surface area contributed by atoms with Crippen LogP contribution in [0.1, 0.15) is 47.0 Å². The molecule has 1 heterocycles. The van der Waals surface area contributed by atoms with E-state index in [4.69, 9.17) is 0 Å².